The van der Waals surface area contributed by atoms with Gasteiger partial charge in [0.1, 0.15) is 5.75 Å². The fourth-order valence-corrected chi connectivity index (χ4v) is 1.69. The number of para-hydroxylation sites is 1. The molecular formula is C14H20O3. The second-order valence-electron chi connectivity index (χ2n) is 4.17. The van der Waals surface area contributed by atoms with Gasteiger partial charge in [0.15, 0.2) is 0 Å². The number of rotatable bonds is 7. The molecule has 1 aromatic rings. The van der Waals surface area contributed by atoms with Crippen molar-refractivity contribution in [2.24, 2.45) is 5.92 Å². The van der Waals surface area contributed by atoms with E-state index >= 15 is 0 Å². The maximum Gasteiger partial charge on any atom is 0.307 e. The molecule has 0 atom stereocenters. The van der Waals surface area contributed by atoms with Gasteiger partial charge in [0, 0.05) is 5.56 Å². The molecule has 0 aliphatic heterocycles. The molecule has 94 valence electrons. The molecule has 0 fully saturated rings. The third-order valence-corrected chi connectivity index (χ3v) is 2.94. The fourth-order valence-electron chi connectivity index (χ4n) is 1.69. The molecule has 1 N–H and O–H groups in total. The molecule has 0 amide bonds. The molecule has 0 heterocycles. The Balaban J connectivity index is 2.66. The second kappa shape index (κ2) is 6.94. The molecule has 1 aromatic carbocycles. The first-order valence-corrected chi connectivity index (χ1v) is 6.09. The van der Waals surface area contributed by atoms with Crippen LogP contribution < -0.4 is 4.74 Å². The molecular weight excluding hydrogens is 216 g/mol. The van der Waals surface area contributed by atoms with Crippen LogP contribution in [0.2, 0.25) is 0 Å². The van der Waals surface area contributed by atoms with Gasteiger partial charge in [-0.2, -0.15) is 0 Å². The average Bonchev–Trinajstić information content (AvgIpc) is 2.31. The summed E-state index contributed by atoms with van der Waals surface area (Å²) in [5, 5.41) is 8.81. The highest BCUT2D eigenvalue weighted by molar-refractivity contribution is 5.71. The molecule has 0 aromatic heterocycles. The second-order valence-corrected chi connectivity index (χ2v) is 4.17. The molecule has 0 bridgehead atoms. The molecule has 1 rings (SSSR count). The molecule has 17 heavy (non-hydrogen) atoms. The maximum absolute atomic E-state index is 10.7. The van der Waals surface area contributed by atoms with Crippen LogP contribution in [0.3, 0.4) is 0 Å². The summed E-state index contributed by atoms with van der Waals surface area (Å²) in [6.07, 6.45) is 2.17. The zero-order valence-corrected chi connectivity index (χ0v) is 10.5. The van der Waals surface area contributed by atoms with Crippen LogP contribution in [0.4, 0.5) is 0 Å². The van der Waals surface area contributed by atoms with Crippen molar-refractivity contribution in [3.05, 3.63) is 29.8 Å². The van der Waals surface area contributed by atoms with Gasteiger partial charge >= 0.3 is 5.97 Å². The molecule has 0 saturated heterocycles. The number of carboxylic acid groups (broad SMARTS) is 1. The number of benzene rings is 1. The largest absolute Gasteiger partial charge is 0.493 e. The van der Waals surface area contributed by atoms with Crippen molar-refractivity contribution in [1.82, 2.24) is 0 Å². The van der Waals surface area contributed by atoms with E-state index in [1.807, 2.05) is 18.2 Å². The Morgan fingerprint density at radius 2 is 1.94 bits per heavy atom. The average molecular weight is 236 g/mol. The molecule has 3 nitrogen and oxygen atoms in total. The van der Waals surface area contributed by atoms with Crippen molar-refractivity contribution in [3.8, 4) is 5.75 Å². The van der Waals surface area contributed by atoms with Crippen molar-refractivity contribution in [2.45, 2.75) is 33.1 Å². The summed E-state index contributed by atoms with van der Waals surface area (Å²) in [7, 11) is 0. The number of carboxylic acids is 1. The van der Waals surface area contributed by atoms with Crippen molar-refractivity contribution in [2.75, 3.05) is 6.61 Å². The molecule has 0 saturated carbocycles. The van der Waals surface area contributed by atoms with E-state index in [9.17, 15) is 4.79 Å². The van der Waals surface area contributed by atoms with Crippen LogP contribution >= 0.6 is 0 Å². The van der Waals surface area contributed by atoms with Gasteiger partial charge in [-0.15, -0.1) is 0 Å². The predicted molar refractivity (Wildman–Crippen MR) is 67.3 cm³/mol. The zero-order chi connectivity index (χ0) is 12.7. The van der Waals surface area contributed by atoms with E-state index in [2.05, 4.69) is 13.8 Å². The van der Waals surface area contributed by atoms with Crippen LogP contribution in [0.5, 0.6) is 5.75 Å². The summed E-state index contributed by atoms with van der Waals surface area (Å²) in [5.74, 6) is 0.401. The Bertz CT molecular complexity index is 356. The lowest BCUT2D eigenvalue weighted by atomic mass is 10.1. The Morgan fingerprint density at radius 1 is 1.29 bits per heavy atom. The lowest BCUT2D eigenvalue weighted by Crippen LogP contribution is -2.12. The van der Waals surface area contributed by atoms with Crippen LogP contribution in [0.1, 0.15) is 32.3 Å². The zero-order valence-electron chi connectivity index (χ0n) is 10.5. The summed E-state index contributed by atoms with van der Waals surface area (Å²) in [5.41, 5.74) is 0.742. The first-order chi connectivity index (χ1) is 8.17. The van der Waals surface area contributed by atoms with Gasteiger partial charge in [-0.05, 0) is 12.0 Å². The highest BCUT2D eigenvalue weighted by atomic mass is 16.5. The minimum absolute atomic E-state index is 0.0130. The Labute approximate surface area is 102 Å². The van der Waals surface area contributed by atoms with E-state index in [0.29, 0.717) is 18.3 Å². The topological polar surface area (TPSA) is 46.5 Å². The number of hydrogen-bond donors (Lipinski definition) is 1. The van der Waals surface area contributed by atoms with Gasteiger partial charge in [0.05, 0.1) is 13.0 Å². The quantitative estimate of drug-likeness (QED) is 0.791. The van der Waals surface area contributed by atoms with Crippen LogP contribution in [0, 0.1) is 5.92 Å². The molecule has 0 unspecified atom stereocenters. The highest BCUT2D eigenvalue weighted by Gasteiger charge is 2.09. The lowest BCUT2D eigenvalue weighted by molar-refractivity contribution is -0.136. The molecule has 0 spiro atoms. The first kappa shape index (κ1) is 13.6. The molecule has 0 radical (unpaired) electrons. The molecule has 3 heteroatoms. The first-order valence-electron chi connectivity index (χ1n) is 6.09. The monoisotopic (exact) mass is 236 g/mol. The predicted octanol–water partition coefficient (Wildman–Crippen LogP) is 3.13. The van der Waals surface area contributed by atoms with Gasteiger partial charge < -0.3 is 9.84 Å². The van der Waals surface area contributed by atoms with E-state index in [4.69, 9.17) is 9.84 Å². The van der Waals surface area contributed by atoms with E-state index < -0.39 is 5.97 Å². The lowest BCUT2D eigenvalue weighted by Gasteiger charge is -2.15. The number of carbonyl (C=O) groups is 1. The van der Waals surface area contributed by atoms with Crippen molar-refractivity contribution >= 4 is 5.97 Å². The number of hydrogen-bond acceptors (Lipinski definition) is 2. The van der Waals surface area contributed by atoms with Gasteiger partial charge in [0.25, 0.3) is 0 Å². The maximum atomic E-state index is 10.7. The normalized spacial score (nSPS) is 10.5. The van der Waals surface area contributed by atoms with E-state index in [0.717, 1.165) is 18.4 Å². The molecule has 0 aliphatic carbocycles. The summed E-state index contributed by atoms with van der Waals surface area (Å²) in [6, 6.07) is 7.34. The summed E-state index contributed by atoms with van der Waals surface area (Å²) in [6.45, 7) is 4.94. The number of aliphatic carboxylic acids is 1. The minimum Gasteiger partial charge on any atom is -0.493 e. The summed E-state index contributed by atoms with van der Waals surface area (Å²) in [4.78, 5) is 10.7. The third-order valence-electron chi connectivity index (χ3n) is 2.94. The van der Waals surface area contributed by atoms with Crippen molar-refractivity contribution in [3.63, 3.8) is 0 Å². The Hall–Kier alpha value is -1.51. The minimum atomic E-state index is -0.830. The Kier molecular flexibility index (Phi) is 5.53. The highest BCUT2D eigenvalue weighted by Crippen LogP contribution is 2.20. The van der Waals surface area contributed by atoms with Crippen LogP contribution in [-0.2, 0) is 11.2 Å². The van der Waals surface area contributed by atoms with Crippen LogP contribution in [0.25, 0.3) is 0 Å². The van der Waals surface area contributed by atoms with E-state index in [-0.39, 0.29) is 6.42 Å². The van der Waals surface area contributed by atoms with Gasteiger partial charge in [-0.25, -0.2) is 0 Å². The Morgan fingerprint density at radius 3 is 2.53 bits per heavy atom. The van der Waals surface area contributed by atoms with E-state index in [1.54, 1.807) is 6.07 Å². The van der Waals surface area contributed by atoms with Gasteiger partial charge in [-0.1, -0.05) is 44.9 Å². The smallest absolute Gasteiger partial charge is 0.307 e. The van der Waals surface area contributed by atoms with Gasteiger partial charge in [0.2, 0.25) is 0 Å². The number of ether oxygens (including phenoxy) is 1. The van der Waals surface area contributed by atoms with Crippen molar-refractivity contribution in [1.29, 1.82) is 0 Å². The summed E-state index contributed by atoms with van der Waals surface area (Å²) >= 11 is 0. The van der Waals surface area contributed by atoms with Crippen molar-refractivity contribution < 1.29 is 14.6 Å². The third kappa shape index (κ3) is 4.47. The summed E-state index contributed by atoms with van der Waals surface area (Å²) < 4.78 is 5.72. The molecule has 0 aliphatic rings. The SMILES string of the molecule is CCC(CC)COc1ccccc1CC(=O)O. The van der Waals surface area contributed by atoms with Gasteiger partial charge in [-0.3, -0.25) is 4.79 Å². The standard InChI is InChI=1S/C14H20O3/c1-3-11(4-2)10-17-13-8-6-5-7-12(13)9-14(15)16/h5-8,11H,3-4,9-10H2,1-2H3,(H,15,16). The fraction of sp³-hybridized carbons (Fsp3) is 0.500. The van der Waals surface area contributed by atoms with Crippen LogP contribution in [0.15, 0.2) is 24.3 Å². The van der Waals surface area contributed by atoms with Crippen LogP contribution in [-0.4, -0.2) is 17.7 Å². The van der Waals surface area contributed by atoms with E-state index in [1.165, 1.54) is 0 Å².